The zero-order valence-electron chi connectivity index (χ0n) is 9.07. The second kappa shape index (κ2) is 4.76. The number of hydrogen-bond donors (Lipinski definition) is 0. The number of ether oxygens (including phenoxy) is 1. The van der Waals surface area contributed by atoms with Gasteiger partial charge in [-0.05, 0) is 6.92 Å². The molecule has 0 aliphatic carbocycles. The Morgan fingerprint density at radius 1 is 1.39 bits per heavy atom. The highest BCUT2D eigenvalue weighted by Crippen LogP contribution is 2.41. The zero-order chi connectivity index (χ0) is 14.1. The molecule has 0 aliphatic heterocycles. The van der Waals surface area contributed by atoms with Gasteiger partial charge in [0.05, 0.1) is 12.7 Å². The number of Topliss-reactive ketones (excluding diaryl/α,β-unsaturated/α-hetero) is 1. The monoisotopic (exact) mass is 304 g/mol. The Bertz CT molecular complexity index is 558. The van der Waals surface area contributed by atoms with Crippen LogP contribution in [0.3, 0.4) is 0 Å². The first-order valence-electron chi connectivity index (χ1n) is 4.27. The minimum absolute atomic E-state index is 0.0464. The fraction of sp³-hybridized carbons (Fsp3) is 0.375. The van der Waals surface area contributed by atoms with E-state index in [4.69, 9.17) is 0 Å². The van der Waals surface area contributed by atoms with Crippen LogP contribution >= 0.6 is 11.3 Å². The highest BCUT2D eigenvalue weighted by molar-refractivity contribution is 7.88. The molecule has 1 heterocycles. The van der Waals surface area contributed by atoms with Gasteiger partial charge < -0.3 is 8.92 Å². The fourth-order valence-electron chi connectivity index (χ4n) is 0.970. The van der Waals surface area contributed by atoms with Gasteiger partial charge in [0.15, 0.2) is 11.5 Å². The number of halogens is 3. The molecule has 0 N–H and O–H groups in total. The van der Waals surface area contributed by atoms with Crippen LogP contribution in [-0.2, 0) is 10.1 Å². The molecule has 1 rings (SSSR count). The van der Waals surface area contributed by atoms with E-state index < -0.39 is 26.5 Å². The standard InChI is InChI=1S/C8H7F3O5S2/c1-4(12)5-3-17-7(6(5)15-2)16-18(13,14)8(9,10)11/h3H,1-2H3. The SMILES string of the molecule is COc1c(C(C)=O)csc1OS(=O)(=O)C(F)(F)F. The summed E-state index contributed by atoms with van der Waals surface area (Å²) in [6, 6.07) is 0. The normalized spacial score (nSPS) is 12.3. The van der Waals surface area contributed by atoms with Crippen LogP contribution in [-0.4, -0.2) is 26.8 Å². The molecule has 10 heteroatoms. The summed E-state index contributed by atoms with van der Waals surface area (Å²) in [4.78, 5) is 11.1. The van der Waals surface area contributed by atoms with Gasteiger partial charge >= 0.3 is 15.6 Å². The molecule has 0 aromatic carbocycles. The van der Waals surface area contributed by atoms with Gasteiger partial charge in [-0.25, -0.2) is 0 Å². The Balaban J connectivity index is 3.18. The van der Waals surface area contributed by atoms with Gasteiger partial charge in [-0.15, -0.1) is 11.3 Å². The van der Waals surface area contributed by atoms with Crippen molar-refractivity contribution < 1.29 is 35.3 Å². The third kappa shape index (κ3) is 2.75. The number of alkyl halides is 3. The molecule has 0 amide bonds. The van der Waals surface area contributed by atoms with Crippen molar-refractivity contribution >= 4 is 27.2 Å². The lowest BCUT2D eigenvalue weighted by Gasteiger charge is -2.09. The molecule has 18 heavy (non-hydrogen) atoms. The second-order valence-electron chi connectivity index (χ2n) is 3.01. The van der Waals surface area contributed by atoms with Crippen molar-refractivity contribution in [2.45, 2.75) is 12.4 Å². The smallest absolute Gasteiger partial charge is 0.491 e. The molecule has 102 valence electrons. The largest absolute Gasteiger partial charge is 0.534 e. The summed E-state index contributed by atoms with van der Waals surface area (Å²) in [6.45, 7) is 1.16. The summed E-state index contributed by atoms with van der Waals surface area (Å²) in [7, 11) is -4.69. The first-order chi connectivity index (χ1) is 8.10. The summed E-state index contributed by atoms with van der Waals surface area (Å²) < 4.78 is 66.5. The van der Waals surface area contributed by atoms with E-state index in [0.717, 1.165) is 19.4 Å². The number of rotatable bonds is 4. The van der Waals surface area contributed by atoms with Crippen molar-refractivity contribution in [3.63, 3.8) is 0 Å². The van der Waals surface area contributed by atoms with Crippen LogP contribution < -0.4 is 8.92 Å². The molecule has 0 saturated heterocycles. The molecule has 0 aliphatic rings. The van der Waals surface area contributed by atoms with Crippen LogP contribution in [0.25, 0.3) is 0 Å². The Morgan fingerprint density at radius 3 is 2.33 bits per heavy atom. The van der Waals surface area contributed by atoms with E-state index in [1.807, 2.05) is 0 Å². The Kier molecular flexibility index (Phi) is 3.91. The summed E-state index contributed by atoms with van der Waals surface area (Å²) in [5, 5.41) is 0.516. The van der Waals surface area contributed by atoms with Crippen molar-refractivity contribution in [3.05, 3.63) is 10.9 Å². The summed E-state index contributed by atoms with van der Waals surface area (Å²) in [5.74, 6) is -0.817. The van der Waals surface area contributed by atoms with Crippen LogP contribution in [0.15, 0.2) is 5.38 Å². The number of carbonyl (C=O) groups excluding carboxylic acids is 1. The van der Waals surface area contributed by atoms with Crippen molar-refractivity contribution in [3.8, 4) is 10.8 Å². The topological polar surface area (TPSA) is 69.7 Å². The summed E-state index contributed by atoms with van der Waals surface area (Å²) in [6.07, 6.45) is 0. The van der Waals surface area contributed by atoms with E-state index in [9.17, 15) is 26.4 Å². The van der Waals surface area contributed by atoms with E-state index in [0.29, 0.717) is 11.3 Å². The third-order valence-electron chi connectivity index (χ3n) is 1.77. The van der Waals surface area contributed by atoms with Crippen LogP contribution in [0, 0.1) is 0 Å². The summed E-state index contributed by atoms with van der Waals surface area (Å²) in [5.41, 5.74) is -5.59. The van der Waals surface area contributed by atoms with Crippen molar-refractivity contribution in [1.29, 1.82) is 0 Å². The molecule has 0 saturated carbocycles. The maximum atomic E-state index is 12.1. The lowest BCUT2D eigenvalue weighted by atomic mass is 10.2. The van der Waals surface area contributed by atoms with Gasteiger partial charge in [-0.1, -0.05) is 0 Å². The number of hydrogen-bond acceptors (Lipinski definition) is 6. The molecule has 1 aromatic rings. The maximum Gasteiger partial charge on any atom is 0.534 e. The average molecular weight is 304 g/mol. The molecule has 0 bridgehead atoms. The molecule has 0 spiro atoms. The Labute approximate surface area is 104 Å². The fourth-order valence-corrected chi connectivity index (χ4v) is 2.56. The van der Waals surface area contributed by atoms with Crippen LogP contribution in [0.4, 0.5) is 13.2 Å². The van der Waals surface area contributed by atoms with Crippen molar-refractivity contribution in [2.75, 3.05) is 7.11 Å². The quantitative estimate of drug-likeness (QED) is 0.484. The van der Waals surface area contributed by atoms with E-state index in [1.165, 1.54) is 0 Å². The highest BCUT2D eigenvalue weighted by Gasteiger charge is 2.49. The van der Waals surface area contributed by atoms with Crippen LogP contribution in [0.5, 0.6) is 10.8 Å². The number of ketones is 1. The van der Waals surface area contributed by atoms with Gasteiger partial charge in [0.2, 0.25) is 5.06 Å². The van der Waals surface area contributed by atoms with Gasteiger partial charge in [-0.2, -0.15) is 21.6 Å². The van der Waals surface area contributed by atoms with Gasteiger partial charge in [0.25, 0.3) is 0 Å². The van der Waals surface area contributed by atoms with E-state index >= 15 is 0 Å². The molecule has 0 atom stereocenters. The minimum Gasteiger partial charge on any atom is -0.491 e. The molecule has 0 fully saturated rings. The predicted molar refractivity (Wildman–Crippen MR) is 56.5 cm³/mol. The van der Waals surface area contributed by atoms with Crippen LogP contribution in [0.1, 0.15) is 17.3 Å². The number of carbonyl (C=O) groups is 1. The Hall–Kier alpha value is -1.29. The van der Waals surface area contributed by atoms with E-state index in [2.05, 4.69) is 8.92 Å². The number of methoxy groups -OCH3 is 1. The van der Waals surface area contributed by atoms with Gasteiger partial charge in [0.1, 0.15) is 0 Å². The van der Waals surface area contributed by atoms with Gasteiger partial charge in [0, 0.05) is 5.38 Å². The second-order valence-corrected chi connectivity index (χ2v) is 5.39. The maximum absolute atomic E-state index is 12.1. The van der Waals surface area contributed by atoms with E-state index in [1.54, 1.807) is 0 Å². The molecule has 5 nitrogen and oxygen atoms in total. The van der Waals surface area contributed by atoms with Crippen LogP contribution in [0.2, 0.25) is 0 Å². The zero-order valence-corrected chi connectivity index (χ0v) is 10.7. The first kappa shape index (κ1) is 14.8. The minimum atomic E-state index is -5.78. The average Bonchev–Trinajstić information content (AvgIpc) is 2.58. The predicted octanol–water partition coefficient (Wildman–Crippen LogP) is 2.19. The molecule has 1 aromatic heterocycles. The highest BCUT2D eigenvalue weighted by atomic mass is 32.2. The van der Waals surface area contributed by atoms with E-state index in [-0.39, 0.29) is 11.3 Å². The lowest BCUT2D eigenvalue weighted by molar-refractivity contribution is -0.0499. The Morgan fingerprint density at radius 2 is 1.94 bits per heavy atom. The molecular weight excluding hydrogens is 297 g/mol. The van der Waals surface area contributed by atoms with Crippen molar-refractivity contribution in [1.82, 2.24) is 0 Å². The first-order valence-corrected chi connectivity index (χ1v) is 6.56. The summed E-state index contributed by atoms with van der Waals surface area (Å²) >= 11 is 0.525. The van der Waals surface area contributed by atoms with Gasteiger partial charge in [-0.3, -0.25) is 4.79 Å². The van der Waals surface area contributed by atoms with Crippen molar-refractivity contribution in [2.24, 2.45) is 0 Å². The third-order valence-corrected chi connectivity index (χ3v) is 3.66. The lowest BCUT2D eigenvalue weighted by Crippen LogP contribution is -2.27. The molecular formula is C8H7F3O5S2. The molecule has 0 unspecified atom stereocenters. The number of thiophene rings is 1. The molecule has 0 radical (unpaired) electrons.